The minimum atomic E-state index is -0.0880. The molecule has 4 nitrogen and oxygen atoms in total. The maximum Gasteiger partial charge on any atom is 0.254 e. The predicted octanol–water partition coefficient (Wildman–Crippen LogP) is 3.68. The van der Waals surface area contributed by atoms with Crippen LogP contribution in [-0.2, 0) is 5.41 Å². The first-order valence-electron chi connectivity index (χ1n) is 7.72. The lowest BCUT2D eigenvalue weighted by molar-refractivity contribution is 0.0705. The summed E-state index contributed by atoms with van der Waals surface area (Å²) >= 11 is 0. The highest BCUT2D eigenvalue weighted by molar-refractivity contribution is 5.95. The monoisotopic (exact) mass is 291 g/mol. The molecular formula is C17H29N3O. The highest BCUT2D eigenvalue weighted by Gasteiger charge is 2.22. The molecule has 1 N–H and O–H groups in total. The summed E-state index contributed by atoms with van der Waals surface area (Å²) in [7, 11) is 1.83. The fraction of sp³-hybridized carbons (Fsp3) is 0.647. The Balaban J connectivity index is 3.25. The number of amides is 1. The molecule has 0 saturated carbocycles. The van der Waals surface area contributed by atoms with Crippen LogP contribution >= 0.6 is 0 Å². The molecule has 21 heavy (non-hydrogen) atoms. The lowest BCUT2D eigenvalue weighted by atomic mass is 9.90. The number of carbonyl (C=O) groups is 1. The molecule has 1 aromatic heterocycles. The van der Waals surface area contributed by atoms with Crippen LogP contribution in [0.5, 0.6) is 0 Å². The smallest absolute Gasteiger partial charge is 0.254 e. The van der Waals surface area contributed by atoms with Crippen LogP contribution in [0.15, 0.2) is 12.1 Å². The van der Waals surface area contributed by atoms with Crippen LogP contribution in [0.3, 0.4) is 0 Å². The zero-order chi connectivity index (χ0) is 16.2. The summed E-state index contributed by atoms with van der Waals surface area (Å²) in [5, 5.41) is 3.05. The topological polar surface area (TPSA) is 45.2 Å². The Morgan fingerprint density at radius 2 is 1.95 bits per heavy atom. The SMILES string of the molecule is CCCN(C(=O)c1cc(NC)nc(C(C)(C)C)c1)C(C)C. The first kappa shape index (κ1) is 17.5. The van der Waals surface area contributed by atoms with Crippen molar-refractivity contribution in [3.63, 3.8) is 0 Å². The molecule has 0 aromatic carbocycles. The Morgan fingerprint density at radius 1 is 1.33 bits per heavy atom. The van der Waals surface area contributed by atoms with Crippen molar-refractivity contribution in [2.24, 2.45) is 0 Å². The van der Waals surface area contributed by atoms with Gasteiger partial charge in [0.25, 0.3) is 5.91 Å². The minimum absolute atomic E-state index is 0.0799. The third-order valence-corrected chi connectivity index (χ3v) is 3.45. The number of nitrogens with one attached hydrogen (secondary N) is 1. The average Bonchev–Trinajstić information content (AvgIpc) is 2.42. The Hall–Kier alpha value is -1.58. The molecule has 0 saturated heterocycles. The van der Waals surface area contributed by atoms with Crippen molar-refractivity contribution in [2.75, 3.05) is 18.9 Å². The molecule has 4 heteroatoms. The fourth-order valence-corrected chi connectivity index (χ4v) is 2.17. The molecule has 0 unspecified atom stereocenters. The Kier molecular flexibility index (Phi) is 5.76. The zero-order valence-electron chi connectivity index (χ0n) is 14.4. The van der Waals surface area contributed by atoms with E-state index in [9.17, 15) is 4.79 Å². The average molecular weight is 291 g/mol. The highest BCUT2D eigenvalue weighted by atomic mass is 16.2. The largest absolute Gasteiger partial charge is 0.373 e. The number of pyridine rings is 1. The van der Waals surface area contributed by atoms with Crippen molar-refractivity contribution in [3.8, 4) is 0 Å². The third kappa shape index (κ3) is 4.45. The van der Waals surface area contributed by atoms with Crippen molar-refractivity contribution in [2.45, 2.75) is 59.4 Å². The summed E-state index contributed by atoms with van der Waals surface area (Å²) < 4.78 is 0. The van der Waals surface area contributed by atoms with Crippen molar-refractivity contribution in [1.29, 1.82) is 0 Å². The van der Waals surface area contributed by atoms with Gasteiger partial charge in [0.15, 0.2) is 0 Å². The molecule has 1 rings (SSSR count). The number of aromatic nitrogens is 1. The quantitative estimate of drug-likeness (QED) is 0.900. The van der Waals surface area contributed by atoms with Gasteiger partial charge in [-0.1, -0.05) is 27.7 Å². The van der Waals surface area contributed by atoms with E-state index in [1.807, 2.05) is 24.1 Å². The summed E-state index contributed by atoms with van der Waals surface area (Å²) in [6.45, 7) is 13.3. The molecule has 0 radical (unpaired) electrons. The van der Waals surface area contributed by atoms with Gasteiger partial charge in [0.1, 0.15) is 5.82 Å². The minimum Gasteiger partial charge on any atom is -0.373 e. The Labute approximate surface area is 129 Å². The van der Waals surface area contributed by atoms with E-state index in [4.69, 9.17) is 0 Å². The van der Waals surface area contributed by atoms with Gasteiger partial charge in [0.05, 0.1) is 0 Å². The van der Waals surface area contributed by atoms with Gasteiger partial charge in [-0.3, -0.25) is 4.79 Å². The zero-order valence-corrected chi connectivity index (χ0v) is 14.4. The van der Waals surface area contributed by atoms with Crippen LogP contribution in [0.2, 0.25) is 0 Å². The molecule has 1 heterocycles. The first-order valence-corrected chi connectivity index (χ1v) is 7.72. The number of hydrogen-bond donors (Lipinski definition) is 1. The van der Waals surface area contributed by atoms with E-state index < -0.39 is 0 Å². The second-order valence-electron chi connectivity index (χ2n) is 6.72. The van der Waals surface area contributed by atoms with E-state index in [0.29, 0.717) is 5.56 Å². The second-order valence-corrected chi connectivity index (χ2v) is 6.72. The maximum atomic E-state index is 12.8. The molecule has 1 aromatic rings. The Bertz CT molecular complexity index is 489. The van der Waals surface area contributed by atoms with Gasteiger partial charge < -0.3 is 10.2 Å². The molecular weight excluding hydrogens is 262 g/mol. The van der Waals surface area contributed by atoms with Gasteiger partial charge in [-0.25, -0.2) is 4.98 Å². The lowest BCUT2D eigenvalue weighted by Gasteiger charge is -2.27. The lowest BCUT2D eigenvalue weighted by Crippen LogP contribution is -2.37. The van der Waals surface area contributed by atoms with Gasteiger partial charge in [-0.15, -0.1) is 0 Å². The summed E-state index contributed by atoms with van der Waals surface area (Å²) in [5.74, 6) is 0.822. The maximum absolute atomic E-state index is 12.8. The van der Waals surface area contributed by atoms with Crippen LogP contribution in [0.4, 0.5) is 5.82 Å². The number of carbonyl (C=O) groups excluding carboxylic acids is 1. The van der Waals surface area contributed by atoms with Crippen molar-refractivity contribution < 1.29 is 4.79 Å². The van der Waals surface area contributed by atoms with Crippen molar-refractivity contribution in [1.82, 2.24) is 9.88 Å². The van der Waals surface area contributed by atoms with Gasteiger partial charge in [-0.05, 0) is 32.4 Å². The molecule has 1 amide bonds. The van der Waals surface area contributed by atoms with Gasteiger partial charge in [0, 0.05) is 36.3 Å². The summed E-state index contributed by atoms with van der Waals surface area (Å²) in [4.78, 5) is 19.3. The van der Waals surface area contributed by atoms with Crippen molar-refractivity contribution >= 4 is 11.7 Å². The summed E-state index contributed by atoms with van der Waals surface area (Å²) in [5.41, 5.74) is 1.55. The molecule has 0 fully saturated rings. The standard InChI is InChI=1S/C17H29N3O/c1-8-9-20(12(2)3)16(21)13-10-14(17(4,5)6)19-15(11-13)18-7/h10-12H,8-9H2,1-7H3,(H,18,19). The van der Waals surface area contributed by atoms with Crippen LogP contribution in [0.25, 0.3) is 0 Å². The van der Waals surface area contributed by atoms with Gasteiger partial charge in [0.2, 0.25) is 0 Å². The summed E-state index contributed by atoms with van der Waals surface area (Å²) in [6.07, 6.45) is 0.958. The van der Waals surface area contributed by atoms with Crippen LogP contribution in [0, 0.1) is 0 Å². The molecule has 0 aliphatic heterocycles. The van der Waals surface area contributed by atoms with E-state index in [0.717, 1.165) is 24.5 Å². The second kappa shape index (κ2) is 6.92. The fourth-order valence-electron chi connectivity index (χ4n) is 2.17. The van der Waals surface area contributed by atoms with Gasteiger partial charge >= 0.3 is 0 Å². The van der Waals surface area contributed by atoms with E-state index >= 15 is 0 Å². The molecule has 0 bridgehead atoms. The van der Waals surface area contributed by atoms with Crippen LogP contribution in [0.1, 0.15) is 64.0 Å². The van der Waals surface area contributed by atoms with Crippen molar-refractivity contribution in [3.05, 3.63) is 23.4 Å². The van der Waals surface area contributed by atoms with Crippen LogP contribution in [-0.4, -0.2) is 35.4 Å². The van der Waals surface area contributed by atoms with Gasteiger partial charge in [-0.2, -0.15) is 0 Å². The molecule has 0 spiro atoms. The predicted molar refractivity (Wildman–Crippen MR) is 88.9 cm³/mol. The third-order valence-electron chi connectivity index (χ3n) is 3.45. The van der Waals surface area contributed by atoms with E-state index in [1.54, 1.807) is 0 Å². The summed E-state index contributed by atoms with van der Waals surface area (Å²) in [6, 6.07) is 3.96. The number of rotatable bonds is 5. The van der Waals surface area contributed by atoms with Crippen LogP contribution < -0.4 is 5.32 Å². The van der Waals surface area contributed by atoms with E-state index in [1.165, 1.54) is 0 Å². The molecule has 118 valence electrons. The first-order chi connectivity index (χ1) is 9.70. The van der Waals surface area contributed by atoms with E-state index in [-0.39, 0.29) is 17.4 Å². The number of hydrogen-bond acceptors (Lipinski definition) is 3. The Morgan fingerprint density at radius 3 is 2.38 bits per heavy atom. The molecule has 0 aliphatic carbocycles. The molecule has 0 atom stereocenters. The number of anilines is 1. The number of nitrogens with zero attached hydrogens (tertiary/aromatic N) is 2. The van der Waals surface area contributed by atoms with E-state index in [2.05, 4.69) is 51.8 Å². The highest BCUT2D eigenvalue weighted by Crippen LogP contribution is 2.24. The normalized spacial score (nSPS) is 11.6. The molecule has 0 aliphatic rings.